The number of hydrogen-bond acceptors (Lipinski definition) is 5. The van der Waals surface area contributed by atoms with E-state index in [1.807, 2.05) is 48.5 Å². The van der Waals surface area contributed by atoms with Crippen LogP contribution in [0.2, 0.25) is 0 Å². The van der Waals surface area contributed by atoms with E-state index in [1.54, 1.807) is 20.3 Å². The second-order valence-electron chi connectivity index (χ2n) is 8.21. The molecule has 3 aromatic rings. The Hall–Kier alpha value is -3.64. The van der Waals surface area contributed by atoms with Gasteiger partial charge in [-0.05, 0) is 48.0 Å². The monoisotopic (exact) mass is 457 g/mol. The highest BCUT2D eigenvalue weighted by molar-refractivity contribution is 6.24. The number of nitrogens with one attached hydrogen (secondary N) is 1. The normalized spacial score (nSPS) is 15.3. The van der Waals surface area contributed by atoms with E-state index >= 15 is 0 Å². The third-order valence-corrected chi connectivity index (χ3v) is 6.22. The minimum atomic E-state index is -0.562. The Balaban J connectivity index is 1.76. The van der Waals surface area contributed by atoms with Gasteiger partial charge in [-0.2, -0.15) is 0 Å². The SMILES string of the molecule is CCN(CC)Cc1ccc(N=C(c2ccccc2)C2C(=O)Nc3cc(OC)c(OC)cc32)cc1. The van der Waals surface area contributed by atoms with E-state index in [1.165, 1.54) is 5.56 Å². The molecule has 1 heterocycles. The van der Waals surface area contributed by atoms with Crippen LogP contribution in [0, 0.1) is 0 Å². The van der Waals surface area contributed by atoms with Crippen molar-refractivity contribution in [3.8, 4) is 11.5 Å². The van der Waals surface area contributed by atoms with Gasteiger partial charge in [0.2, 0.25) is 5.91 Å². The molecule has 0 aliphatic carbocycles. The molecule has 1 unspecified atom stereocenters. The predicted octanol–water partition coefficient (Wildman–Crippen LogP) is 5.40. The number of hydrogen-bond donors (Lipinski definition) is 1. The first-order valence-electron chi connectivity index (χ1n) is 11.6. The van der Waals surface area contributed by atoms with Crippen molar-refractivity contribution in [3.05, 3.63) is 83.4 Å². The molecule has 1 aliphatic rings. The van der Waals surface area contributed by atoms with Gasteiger partial charge >= 0.3 is 0 Å². The first-order valence-corrected chi connectivity index (χ1v) is 11.6. The number of amides is 1. The van der Waals surface area contributed by atoms with Gasteiger partial charge in [-0.15, -0.1) is 0 Å². The maximum atomic E-state index is 13.2. The Bertz CT molecular complexity index is 1170. The van der Waals surface area contributed by atoms with Crippen LogP contribution in [-0.2, 0) is 11.3 Å². The van der Waals surface area contributed by atoms with Crippen molar-refractivity contribution in [2.45, 2.75) is 26.3 Å². The first kappa shape index (κ1) is 23.5. The minimum absolute atomic E-state index is 0.119. The highest BCUT2D eigenvalue weighted by atomic mass is 16.5. The number of nitrogens with zero attached hydrogens (tertiary/aromatic N) is 2. The molecule has 6 heteroatoms. The van der Waals surface area contributed by atoms with Gasteiger partial charge in [-0.1, -0.05) is 56.3 Å². The van der Waals surface area contributed by atoms with Crippen molar-refractivity contribution < 1.29 is 14.3 Å². The van der Waals surface area contributed by atoms with Crippen LogP contribution in [0.4, 0.5) is 11.4 Å². The van der Waals surface area contributed by atoms with E-state index in [-0.39, 0.29) is 5.91 Å². The zero-order chi connectivity index (χ0) is 24.1. The molecule has 0 saturated carbocycles. The molecule has 4 rings (SSSR count). The molecule has 1 aliphatic heterocycles. The van der Waals surface area contributed by atoms with Gasteiger partial charge in [0.25, 0.3) is 0 Å². The van der Waals surface area contributed by atoms with Gasteiger partial charge in [0, 0.05) is 18.3 Å². The highest BCUT2D eigenvalue weighted by Gasteiger charge is 2.36. The van der Waals surface area contributed by atoms with Crippen LogP contribution in [0.15, 0.2) is 71.7 Å². The van der Waals surface area contributed by atoms with E-state index in [9.17, 15) is 4.79 Å². The van der Waals surface area contributed by atoms with Gasteiger partial charge in [0.15, 0.2) is 11.5 Å². The molecule has 6 nitrogen and oxygen atoms in total. The number of carbonyl (C=O) groups is 1. The Morgan fingerprint density at radius 1 is 0.941 bits per heavy atom. The number of rotatable bonds is 9. The molecule has 0 radical (unpaired) electrons. The average Bonchev–Trinajstić information content (AvgIpc) is 3.20. The van der Waals surface area contributed by atoms with E-state index in [0.717, 1.165) is 36.4 Å². The molecule has 0 fully saturated rings. The van der Waals surface area contributed by atoms with Crippen LogP contribution in [-0.4, -0.2) is 43.8 Å². The van der Waals surface area contributed by atoms with Crippen LogP contribution >= 0.6 is 0 Å². The van der Waals surface area contributed by atoms with Crippen LogP contribution in [0.25, 0.3) is 0 Å². The molecule has 1 atom stereocenters. The fraction of sp³-hybridized carbons (Fsp3) is 0.286. The number of carbonyl (C=O) groups excluding carboxylic acids is 1. The lowest BCUT2D eigenvalue weighted by Crippen LogP contribution is -2.22. The molecule has 0 saturated heterocycles. The topological polar surface area (TPSA) is 63.2 Å². The Morgan fingerprint density at radius 3 is 2.21 bits per heavy atom. The summed E-state index contributed by atoms with van der Waals surface area (Å²) < 4.78 is 10.9. The summed E-state index contributed by atoms with van der Waals surface area (Å²) in [5.74, 6) is 0.471. The van der Waals surface area contributed by atoms with Gasteiger partial charge < -0.3 is 14.8 Å². The van der Waals surface area contributed by atoms with Crippen molar-refractivity contribution in [3.63, 3.8) is 0 Å². The quantitative estimate of drug-likeness (QED) is 0.437. The number of benzene rings is 3. The molecular weight excluding hydrogens is 426 g/mol. The van der Waals surface area contributed by atoms with Crippen LogP contribution < -0.4 is 14.8 Å². The summed E-state index contributed by atoms with van der Waals surface area (Å²) in [4.78, 5) is 20.6. The maximum absolute atomic E-state index is 13.2. The van der Waals surface area contributed by atoms with Crippen molar-refractivity contribution in [2.24, 2.45) is 4.99 Å². The van der Waals surface area contributed by atoms with Crippen LogP contribution in [0.3, 0.4) is 0 Å². The highest BCUT2D eigenvalue weighted by Crippen LogP contribution is 2.42. The Kier molecular flexibility index (Phi) is 7.28. The second kappa shape index (κ2) is 10.5. The lowest BCUT2D eigenvalue weighted by molar-refractivity contribution is -0.115. The fourth-order valence-corrected chi connectivity index (χ4v) is 4.28. The number of fused-ring (bicyclic) bond motifs is 1. The lowest BCUT2D eigenvalue weighted by atomic mass is 9.90. The maximum Gasteiger partial charge on any atom is 0.238 e. The smallest absolute Gasteiger partial charge is 0.238 e. The zero-order valence-electron chi connectivity index (χ0n) is 20.2. The van der Waals surface area contributed by atoms with Crippen LogP contribution in [0.5, 0.6) is 11.5 Å². The fourth-order valence-electron chi connectivity index (χ4n) is 4.28. The summed E-state index contributed by atoms with van der Waals surface area (Å²) in [5.41, 5.74) is 5.18. The molecule has 1 N–H and O–H groups in total. The average molecular weight is 458 g/mol. The molecule has 34 heavy (non-hydrogen) atoms. The zero-order valence-corrected chi connectivity index (χ0v) is 20.2. The van der Waals surface area contributed by atoms with E-state index < -0.39 is 5.92 Å². The van der Waals surface area contributed by atoms with E-state index in [4.69, 9.17) is 14.5 Å². The predicted molar refractivity (Wildman–Crippen MR) is 137 cm³/mol. The molecule has 0 aromatic heterocycles. The van der Waals surface area contributed by atoms with E-state index in [2.05, 4.69) is 36.2 Å². The Labute approximate surface area is 201 Å². The summed E-state index contributed by atoms with van der Waals surface area (Å²) in [6.45, 7) is 7.27. The summed E-state index contributed by atoms with van der Waals surface area (Å²) in [6.07, 6.45) is 0. The first-order chi connectivity index (χ1) is 16.6. The summed E-state index contributed by atoms with van der Waals surface area (Å²) >= 11 is 0. The van der Waals surface area contributed by atoms with Crippen molar-refractivity contribution in [1.29, 1.82) is 0 Å². The minimum Gasteiger partial charge on any atom is -0.493 e. The number of ether oxygens (including phenoxy) is 2. The van der Waals surface area contributed by atoms with Gasteiger partial charge in [0.05, 0.1) is 25.6 Å². The molecule has 1 amide bonds. The third-order valence-electron chi connectivity index (χ3n) is 6.22. The summed E-state index contributed by atoms with van der Waals surface area (Å²) in [5, 5.41) is 2.99. The number of aliphatic imine (C=N–C) groups is 1. The van der Waals surface area contributed by atoms with Gasteiger partial charge in [0.1, 0.15) is 5.92 Å². The largest absolute Gasteiger partial charge is 0.493 e. The van der Waals surface area contributed by atoms with Crippen molar-refractivity contribution in [1.82, 2.24) is 4.90 Å². The molecule has 3 aromatic carbocycles. The van der Waals surface area contributed by atoms with Crippen molar-refractivity contribution in [2.75, 3.05) is 32.6 Å². The molecule has 176 valence electrons. The van der Waals surface area contributed by atoms with Gasteiger partial charge in [-0.3, -0.25) is 14.7 Å². The Morgan fingerprint density at radius 2 is 1.59 bits per heavy atom. The third kappa shape index (κ3) is 4.82. The molecular formula is C28H31N3O3. The summed E-state index contributed by atoms with van der Waals surface area (Å²) in [6, 6.07) is 21.8. The van der Waals surface area contributed by atoms with Gasteiger partial charge in [-0.25, -0.2) is 0 Å². The standard InChI is InChI=1S/C28H31N3O3/c1-5-31(6-2)18-19-12-14-21(15-13-19)29-27(20-10-8-7-9-11-20)26-22-16-24(33-3)25(34-4)17-23(22)30-28(26)32/h7-17,26H,5-6,18H2,1-4H3,(H,30,32). The second-order valence-corrected chi connectivity index (χ2v) is 8.21. The molecule has 0 bridgehead atoms. The van der Waals surface area contributed by atoms with Crippen molar-refractivity contribution >= 4 is 23.0 Å². The number of anilines is 1. The number of methoxy groups -OCH3 is 2. The molecule has 0 spiro atoms. The summed E-state index contributed by atoms with van der Waals surface area (Å²) in [7, 11) is 3.18. The van der Waals surface area contributed by atoms with E-state index in [0.29, 0.717) is 22.9 Å². The lowest BCUT2D eigenvalue weighted by Gasteiger charge is -2.18. The van der Waals surface area contributed by atoms with Crippen LogP contribution in [0.1, 0.15) is 36.5 Å².